The van der Waals surface area contributed by atoms with Gasteiger partial charge in [0, 0.05) is 51.6 Å². The molecule has 0 unspecified atom stereocenters. The maximum absolute atomic E-state index is 12.7. The highest BCUT2D eigenvalue weighted by atomic mass is 79.9. The Morgan fingerprint density at radius 3 is 2.44 bits per heavy atom. The number of benzene rings is 2. The number of carbonyl (C=O) groups is 1. The minimum atomic E-state index is -3.40. The molecule has 32 heavy (non-hydrogen) atoms. The Balaban J connectivity index is 1.38. The van der Waals surface area contributed by atoms with Gasteiger partial charge in [-0.1, -0.05) is 57.3 Å². The predicted octanol–water partition coefficient (Wildman–Crippen LogP) is 5.35. The summed E-state index contributed by atoms with van der Waals surface area (Å²) in [5.74, 6) is 1.23. The zero-order valence-electron chi connectivity index (χ0n) is 17.4. The molecule has 0 spiro atoms. The Hall–Kier alpha value is -0.770. The molecule has 1 fully saturated rings. The summed E-state index contributed by atoms with van der Waals surface area (Å²) in [7, 11) is -3.40. The second-order valence-electron chi connectivity index (χ2n) is 7.60. The smallest absolute Gasteiger partial charge is 0.223 e. The van der Waals surface area contributed by atoms with E-state index < -0.39 is 10.0 Å². The van der Waals surface area contributed by atoms with E-state index in [9.17, 15) is 13.2 Å². The van der Waals surface area contributed by atoms with Crippen LogP contribution in [0.15, 0.2) is 46.9 Å². The van der Waals surface area contributed by atoms with Gasteiger partial charge in [0.15, 0.2) is 0 Å². The zero-order chi connectivity index (χ0) is 23.1. The number of piperidine rings is 1. The van der Waals surface area contributed by atoms with Gasteiger partial charge in [-0.3, -0.25) is 4.79 Å². The third-order valence-electron chi connectivity index (χ3n) is 5.31. The van der Waals surface area contributed by atoms with Gasteiger partial charge < -0.3 is 5.32 Å². The number of hydrogen-bond donors (Lipinski definition) is 1. The van der Waals surface area contributed by atoms with Gasteiger partial charge in [-0.15, -0.1) is 0 Å². The minimum Gasteiger partial charge on any atom is -0.355 e. The maximum Gasteiger partial charge on any atom is 0.223 e. The summed E-state index contributed by atoms with van der Waals surface area (Å²) in [4.78, 5) is 12.5. The van der Waals surface area contributed by atoms with Crippen molar-refractivity contribution in [2.45, 2.75) is 24.3 Å². The van der Waals surface area contributed by atoms with Crippen molar-refractivity contribution in [3.63, 3.8) is 0 Å². The molecule has 2 aromatic carbocycles. The van der Waals surface area contributed by atoms with Crippen LogP contribution in [0.25, 0.3) is 0 Å². The van der Waals surface area contributed by atoms with Crippen molar-refractivity contribution in [3.05, 3.63) is 68.1 Å². The number of halogens is 3. The zero-order valence-corrected chi connectivity index (χ0v) is 22.1. The van der Waals surface area contributed by atoms with Crippen LogP contribution in [-0.4, -0.2) is 44.0 Å². The van der Waals surface area contributed by atoms with Gasteiger partial charge in [0.1, 0.15) is 0 Å². The van der Waals surface area contributed by atoms with Crippen LogP contribution in [-0.2, 0) is 26.3 Å². The molecule has 1 heterocycles. The van der Waals surface area contributed by atoms with Crippen molar-refractivity contribution in [1.82, 2.24) is 9.62 Å². The SMILES string of the molecule is O=C(NCCSCc1c(Cl)cccc1Cl)C1CCN(S(=O)(=O)Cc2cccc(Br)c2)CC1. The Labute approximate surface area is 212 Å². The van der Waals surface area contributed by atoms with Crippen molar-refractivity contribution in [2.75, 3.05) is 25.4 Å². The monoisotopic (exact) mass is 578 g/mol. The fourth-order valence-corrected chi connectivity index (χ4v) is 7.15. The van der Waals surface area contributed by atoms with Crippen LogP contribution in [0.2, 0.25) is 10.0 Å². The number of nitrogens with one attached hydrogen (secondary N) is 1. The number of amides is 1. The molecule has 1 N–H and O–H groups in total. The molecule has 3 rings (SSSR count). The van der Waals surface area contributed by atoms with Gasteiger partial charge in [0.2, 0.25) is 15.9 Å². The van der Waals surface area contributed by atoms with E-state index in [1.165, 1.54) is 4.31 Å². The minimum absolute atomic E-state index is 0.00888. The summed E-state index contributed by atoms with van der Waals surface area (Å²) >= 11 is 17.4. The Bertz CT molecular complexity index is 1020. The first-order chi connectivity index (χ1) is 15.3. The average Bonchev–Trinajstić information content (AvgIpc) is 2.75. The van der Waals surface area contributed by atoms with Gasteiger partial charge in [-0.25, -0.2) is 12.7 Å². The number of nitrogens with zero attached hydrogens (tertiary/aromatic N) is 1. The Kier molecular flexibility index (Phi) is 9.76. The Morgan fingerprint density at radius 2 is 1.78 bits per heavy atom. The lowest BCUT2D eigenvalue weighted by Crippen LogP contribution is -2.43. The Morgan fingerprint density at radius 1 is 1.12 bits per heavy atom. The first-order valence-corrected chi connectivity index (χ1v) is 14.6. The molecule has 0 aromatic heterocycles. The fourth-order valence-electron chi connectivity index (χ4n) is 3.56. The van der Waals surface area contributed by atoms with E-state index in [2.05, 4.69) is 21.2 Å². The van der Waals surface area contributed by atoms with E-state index in [1.807, 2.05) is 36.4 Å². The maximum atomic E-state index is 12.7. The van der Waals surface area contributed by atoms with Crippen LogP contribution < -0.4 is 5.32 Å². The molecule has 1 amide bonds. The highest BCUT2D eigenvalue weighted by Gasteiger charge is 2.31. The third-order valence-corrected chi connectivity index (χ3v) is 9.35. The van der Waals surface area contributed by atoms with Gasteiger partial charge in [-0.2, -0.15) is 11.8 Å². The summed E-state index contributed by atoms with van der Waals surface area (Å²) in [5.41, 5.74) is 1.65. The standard InChI is InChI=1S/C22H25BrCl2N2O3S2/c23-18-4-1-3-16(13-18)15-32(29,30)27-10-7-17(8-11-27)22(28)26-9-12-31-14-19-20(24)5-2-6-21(19)25/h1-6,13,17H,7-12,14-15H2,(H,26,28). The lowest BCUT2D eigenvalue weighted by molar-refractivity contribution is -0.125. The van der Waals surface area contributed by atoms with E-state index >= 15 is 0 Å². The molecule has 1 aliphatic heterocycles. The second-order valence-corrected chi connectivity index (χ2v) is 12.4. The molecule has 1 aliphatic rings. The molecule has 174 valence electrons. The molecular formula is C22H25BrCl2N2O3S2. The summed E-state index contributed by atoms with van der Waals surface area (Å²) < 4.78 is 27.8. The van der Waals surface area contributed by atoms with Gasteiger partial charge >= 0.3 is 0 Å². The number of thioether (sulfide) groups is 1. The van der Waals surface area contributed by atoms with E-state index in [1.54, 1.807) is 17.8 Å². The lowest BCUT2D eigenvalue weighted by Gasteiger charge is -2.30. The van der Waals surface area contributed by atoms with Crippen LogP contribution in [0.4, 0.5) is 0 Å². The van der Waals surface area contributed by atoms with Crippen molar-refractivity contribution < 1.29 is 13.2 Å². The number of rotatable bonds is 9. The average molecular weight is 580 g/mol. The van der Waals surface area contributed by atoms with E-state index in [4.69, 9.17) is 23.2 Å². The van der Waals surface area contributed by atoms with E-state index in [0.29, 0.717) is 48.3 Å². The van der Waals surface area contributed by atoms with Crippen LogP contribution in [0.5, 0.6) is 0 Å². The second kappa shape index (κ2) is 12.1. The molecular weight excluding hydrogens is 555 g/mol. The van der Waals surface area contributed by atoms with Crippen LogP contribution in [0, 0.1) is 5.92 Å². The molecule has 0 aliphatic carbocycles. The summed E-state index contributed by atoms with van der Waals surface area (Å²) in [6, 6.07) is 12.8. The number of hydrogen-bond acceptors (Lipinski definition) is 4. The van der Waals surface area contributed by atoms with Gasteiger partial charge in [-0.05, 0) is 48.2 Å². The molecule has 0 atom stereocenters. The molecule has 1 saturated heterocycles. The van der Waals surface area contributed by atoms with Crippen LogP contribution >= 0.6 is 50.9 Å². The molecule has 0 radical (unpaired) electrons. The van der Waals surface area contributed by atoms with Crippen molar-refractivity contribution in [2.24, 2.45) is 5.92 Å². The normalized spacial score (nSPS) is 15.6. The molecule has 0 saturated carbocycles. The summed E-state index contributed by atoms with van der Waals surface area (Å²) in [6.45, 7) is 1.29. The van der Waals surface area contributed by atoms with E-state index in [-0.39, 0.29) is 17.6 Å². The molecule has 2 aromatic rings. The topological polar surface area (TPSA) is 66.5 Å². The fraction of sp³-hybridized carbons (Fsp3) is 0.409. The lowest BCUT2D eigenvalue weighted by atomic mass is 9.97. The first kappa shape index (κ1) is 25.8. The van der Waals surface area contributed by atoms with E-state index in [0.717, 1.165) is 21.4 Å². The van der Waals surface area contributed by atoms with Crippen molar-refractivity contribution in [1.29, 1.82) is 0 Å². The number of carbonyl (C=O) groups excluding carboxylic acids is 1. The first-order valence-electron chi connectivity index (χ1n) is 10.3. The summed E-state index contributed by atoms with van der Waals surface area (Å²) in [5, 5.41) is 4.27. The summed E-state index contributed by atoms with van der Waals surface area (Å²) in [6.07, 6.45) is 1.07. The quantitative estimate of drug-likeness (QED) is 0.407. The highest BCUT2D eigenvalue weighted by Crippen LogP contribution is 2.28. The number of sulfonamides is 1. The largest absolute Gasteiger partial charge is 0.355 e. The van der Waals surface area contributed by atoms with Crippen LogP contribution in [0.3, 0.4) is 0 Å². The van der Waals surface area contributed by atoms with Crippen molar-refractivity contribution in [3.8, 4) is 0 Å². The third kappa shape index (κ3) is 7.37. The molecule has 0 bridgehead atoms. The highest BCUT2D eigenvalue weighted by molar-refractivity contribution is 9.10. The molecule has 5 nitrogen and oxygen atoms in total. The van der Waals surface area contributed by atoms with Crippen molar-refractivity contribution >= 4 is 66.8 Å². The van der Waals surface area contributed by atoms with Gasteiger partial charge in [0.25, 0.3) is 0 Å². The van der Waals surface area contributed by atoms with Crippen LogP contribution in [0.1, 0.15) is 24.0 Å². The predicted molar refractivity (Wildman–Crippen MR) is 137 cm³/mol. The van der Waals surface area contributed by atoms with Gasteiger partial charge in [0.05, 0.1) is 5.75 Å². The molecule has 10 heteroatoms.